The lowest BCUT2D eigenvalue weighted by molar-refractivity contribution is -0.127. The van der Waals surface area contributed by atoms with E-state index in [0.717, 1.165) is 31.2 Å². The molecule has 3 rings (SSSR count). The maximum absolute atomic E-state index is 13.0. The number of nitrogens with one attached hydrogen (secondary N) is 1. The van der Waals surface area contributed by atoms with Gasteiger partial charge in [0.25, 0.3) is 0 Å². The first-order valence-electron chi connectivity index (χ1n) is 8.18. The number of rotatable bonds is 3. The third-order valence-corrected chi connectivity index (χ3v) is 7.54. The molecule has 5 nitrogen and oxygen atoms in total. The van der Waals surface area contributed by atoms with Crippen molar-refractivity contribution in [3.63, 3.8) is 0 Å². The zero-order valence-corrected chi connectivity index (χ0v) is 14.5. The van der Waals surface area contributed by atoms with Gasteiger partial charge in [-0.2, -0.15) is 4.31 Å². The van der Waals surface area contributed by atoms with E-state index in [-0.39, 0.29) is 17.2 Å². The Bertz CT molecular complexity index is 716. The van der Waals surface area contributed by atoms with Gasteiger partial charge in [-0.25, -0.2) is 8.42 Å². The number of amides is 1. The van der Waals surface area contributed by atoms with Crippen molar-refractivity contribution < 1.29 is 13.2 Å². The first kappa shape index (κ1) is 16.5. The number of nitrogens with zero attached hydrogens (tertiary/aromatic N) is 1. The van der Waals surface area contributed by atoms with E-state index in [1.165, 1.54) is 0 Å². The molecule has 1 saturated heterocycles. The number of benzene rings is 1. The molecular formula is C17H24N2O3S. The summed E-state index contributed by atoms with van der Waals surface area (Å²) in [6.07, 6.45) is 3.56. The minimum Gasteiger partial charge on any atom is -0.359 e. The average molecular weight is 336 g/mol. The van der Waals surface area contributed by atoms with E-state index >= 15 is 0 Å². The van der Waals surface area contributed by atoms with Gasteiger partial charge in [0.05, 0.1) is 4.90 Å². The van der Waals surface area contributed by atoms with Gasteiger partial charge in [0.1, 0.15) is 0 Å². The Labute approximate surface area is 138 Å². The predicted molar refractivity (Wildman–Crippen MR) is 88.4 cm³/mol. The summed E-state index contributed by atoms with van der Waals surface area (Å²) in [6, 6.07) is 7.09. The van der Waals surface area contributed by atoms with Crippen LogP contribution in [0.25, 0.3) is 0 Å². The average Bonchev–Trinajstić information content (AvgIpc) is 3.15. The highest BCUT2D eigenvalue weighted by Gasteiger charge is 2.52. The van der Waals surface area contributed by atoms with E-state index in [1.54, 1.807) is 23.5 Å². The molecule has 1 aromatic rings. The number of hydrogen-bond donors (Lipinski definition) is 1. The first-order chi connectivity index (χ1) is 10.9. The molecule has 2 atom stereocenters. The Kier molecular flexibility index (Phi) is 4.23. The highest BCUT2D eigenvalue weighted by atomic mass is 32.2. The van der Waals surface area contributed by atoms with Crippen LogP contribution in [0, 0.1) is 18.3 Å². The van der Waals surface area contributed by atoms with E-state index in [9.17, 15) is 13.2 Å². The maximum Gasteiger partial charge on any atom is 0.243 e. The van der Waals surface area contributed by atoms with Crippen LogP contribution in [-0.2, 0) is 14.8 Å². The zero-order chi connectivity index (χ0) is 16.7. The Morgan fingerprint density at radius 2 is 2.04 bits per heavy atom. The molecule has 1 spiro atoms. The van der Waals surface area contributed by atoms with Crippen LogP contribution >= 0.6 is 0 Å². The summed E-state index contributed by atoms with van der Waals surface area (Å²) in [6.45, 7) is 2.79. The molecule has 23 heavy (non-hydrogen) atoms. The molecule has 1 heterocycles. The van der Waals surface area contributed by atoms with Gasteiger partial charge < -0.3 is 5.32 Å². The van der Waals surface area contributed by atoms with Gasteiger partial charge in [0.15, 0.2) is 0 Å². The van der Waals surface area contributed by atoms with Crippen molar-refractivity contribution in [3.05, 3.63) is 29.8 Å². The van der Waals surface area contributed by atoms with Crippen LogP contribution in [-0.4, -0.2) is 38.8 Å². The second kappa shape index (κ2) is 5.91. The summed E-state index contributed by atoms with van der Waals surface area (Å²) in [4.78, 5) is 12.6. The second-order valence-electron chi connectivity index (χ2n) is 6.78. The number of hydrogen-bond acceptors (Lipinski definition) is 3. The van der Waals surface area contributed by atoms with Gasteiger partial charge in [0, 0.05) is 26.1 Å². The van der Waals surface area contributed by atoms with E-state index < -0.39 is 10.0 Å². The lowest BCUT2D eigenvalue weighted by Gasteiger charge is -2.30. The second-order valence-corrected chi connectivity index (χ2v) is 8.68. The van der Waals surface area contributed by atoms with Gasteiger partial charge in [0.2, 0.25) is 15.9 Å². The zero-order valence-electron chi connectivity index (χ0n) is 13.7. The smallest absolute Gasteiger partial charge is 0.243 e. The molecule has 1 aromatic carbocycles. The van der Waals surface area contributed by atoms with E-state index in [2.05, 4.69) is 5.32 Å². The molecule has 1 aliphatic carbocycles. The summed E-state index contributed by atoms with van der Waals surface area (Å²) in [7, 11) is -1.83. The number of aryl methyl sites for hydroxylation is 1. The largest absolute Gasteiger partial charge is 0.359 e. The van der Waals surface area contributed by atoms with Crippen LogP contribution in [0.1, 0.15) is 31.2 Å². The molecule has 1 amide bonds. The third-order valence-electron chi connectivity index (χ3n) is 5.53. The van der Waals surface area contributed by atoms with Crippen molar-refractivity contribution in [1.29, 1.82) is 0 Å². The lowest BCUT2D eigenvalue weighted by Crippen LogP contribution is -2.40. The molecule has 0 radical (unpaired) electrons. The van der Waals surface area contributed by atoms with Crippen LogP contribution in [0.15, 0.2) is 29.2 Å². The van der Waals surface area contributed by atoms with Crippen molar-refractivity contribution >= 4 is 15.9 Å². The molecule has 6 heteroatoms. The Balaban J connectivity index is 1.88. The maximum atomic E-state index is 13.0. The SMILES string of the molecule is CNC(=O)[C@@H]1CCC[C@]12CCN(S(=O)(=O)c1ccccc1C)C2. The van der Waals surface area contributed by atoms with Crippen LogP contribution < -0.4 is 5.32 Å². The molecule has 1 saturated carbocycles. The molecule has 0 unspecified atom stereocenters. The van der Waals surface area contributed by atoms with Crippen molar-refractivity contribution in [2.24, 2.45) is 11.3 Å². The standard InChI is InChI=1S/C17H24N2O3S/c1-13-6-3-4-8-15(13)23(21,22)19-11-10-17(12-19)9-5-7-14(17)16(20)18-2/h3-4,6,8,14H,5,7,9-12H2,1-2H3,(H,18,20)/t14-,17+/m0/s1. The monoisotopic (exact) mass is 336 g/mol. The quantitative estimate of drug-likeness (QED) is 0.917. The number of carbonyl (C=O) groups is 1. The Hall–Kier alpha value is -1.40. The van der Waals surface area contributed by atoms with Crippen molar-refractivity contribution in [1.82, 2.24) is 9.62 Å². The van der Waals surface area contributed by atoms with E-state index in [1.807, 2.05) is 19.1 Å². The van der Waals surface area contributed by atoms with E-state index in [0.29, 0.717) is 18.0 Å². The molecular weight excluding hydrogens is 312 g/mol. The lowest BCUT2D eigenvalue weighted by atomic mass is 9.76. The highest BCUT2D eigenvalue weighted by molar-refractivity contribution is 7.89. The normalized spacial score (nSPS) is 28.3. The highest BCUT2D eigenvalue weighted by Crippen LogP contribution is 2.50. The van der Waals surface area contributed by atoms with Gasteiger partial charge in [-0.15, -0.1) is 0 Å². The fourth-order valence-corrected chi connectivity index (χ4v) is 6.02. The summed E-state index contributed by atoms with van der Waals surface area (Å²) in [5.41, 5.74) is 0.582. The molecule has 2 aliphatic rings. The van der Waals surface area contributed by atoms with Crippen LogP contribution in [0.3, 0.4) is 0 Å². The molecule has 0 bridgehead atoms. The Morgan fingerprint density at radius 1 is 1.30 bits per heavy atom. The minimum absolute atomic E-state index is 0.0534. The first-order valence-corrected chi connectivity index (χ1v) is 9.62. The molecule has 1 aliphatic heterocycles. The van der Waals surface area contributed by atoms with Gasteiger partial charge >= 0.3 is 0 Å². The summed E-state index contributed by atoms with van der Waals surface area (Å²) >= 11 is 0. The fourth-order valence-electron chi connectivity index (χ4n) is 4.26. The van der Waals surface area contributed by atoms with Crippen molar-refractivity contribution in [3.8, 4) is 0 Å². The van der Waals surface area contributed by atoms with Gasteiger partial charge in [-0.1, -0.05) is 24.6 Å². The minimum atomic E-state index is -3.49. The van der Waals surface area contributed by atoms with E-state index in [4.69, 9.17) is 0 Å². The number of carbonyl (C=O) groups excluding carboxylic acids is 1. The number of sulfonamides is 1. The van der Waals surface area contributed by atoms with Crippen LogP contribution in [0.2, 0.25) is 0 Å². The molecule has 1 N–H and O–H groups in total. The molecule has 2 fully saturated rings. The van der Waals surface area contributed by atoms with Crippen LogP contribution in [0.5, 0.6) is 0 Å². The predicted octanol–water partition coefficient (Wildman–Crippen LogP) is 1.92. The summed E-state index contributed by atoms with van der Waals surface area (Å²) in [5, 5.41) is 2.75. The summed E-state index contributed by atoms with van der Waals surface area (Å²) in [5.74, 6) is -0.0118. The van der Waals surface area contributed by atoms with Gasteiger partial charge in [-0.3, -0.25) is 4.79 Å². The van der Waals surface area contributed by atoms with Crippen molar-refractivity contribution in [2.45, 2.75) is 37.5 Å². The molecule has 126 valence electrons. The van der Waals surface area contributed by atoms with Crippen LogP contribution in [0.4, 0.5) is 0 Å². The topological polar surface area (TPSA) is 66.5 Å². The van der Waals surface area contributed by atoms with Crippen molar-refractivity contribution in [2.75, 3.05) is 20.1 Å². The molecule has 0 aromatic heterocycles. The third kappa shape index (κ3) is 2.68. The fraction of sp³-hybridized carbons (Fsp3) is 0.588. The Morgan fingerprint density at radius 3 is 2.74 bits per heavy atom. The van der Waals surface area contributed by atoms with Gasteiger partial charge in [-0.05, 0) is 43.2 Å². The summed E-state index contributed by atoms with van der Waals surface area (Å²) < 4.78 is 27.5.